The van der Waals surface area contributed by atoms with Crippen LogP contribution in [0.15, 0.2) is 24.3 Å². The molecule has 1 N–H and O–H groups in total. The van der Waals surface area contributed by atoms with Gasteiger partial charge in [0, 0.05) is 11.9 Å². The van der Waals surface area contributed by atoms with Crippen molar-refractivity contribution >= 4 is 16.9 Å². The lowest BCUT2D eigenvalue weighted by Gasteiger charge is -2.21. The van der Waals surface area contributed by atoms with E-state index in [-0.39, 0.29) is 5.69 Å². The van der Waals surface area contributed by atoms with Crippen LogP contribution in [-0.4, -0.2) is 20.9 Å². The Morgan fingerprint density at radius 2 is 2.15 bits per heavy atom. The predicted octanol–water partition coefficient (Wildman–Crippen LogP) is 3.17. The number of aromatic nitrogens is 2. The van der Waals surface area contributed by atoms with E-state index in [0.717, 1.165) is 29.3 Å². The Morgan fingerprint density at radius 1 is 1.30 bits per heavy atom. The number of hydrogen-bond donors (Lipinski definition) is 1. The van der Waals surface area contributed by atoms with Crippen molar-refractivity contribution in [2.24, 2.45) is 17.8 Å². The van der Waals surface area contributed by atoms with Crippen LogP contribution in [0.25, 0.3) is 10.9 Å². The van der Waals surface area contributed by atoms with Gasteiger partial charge >= 0.3 is 5.97 Å². The monoisotopic (exact) mass is 270 g/mol. The van der Waals surface area contributed by atoms with Gasteiger partial charge in [-0.25, -0.2) is 4.79 Å². The Kier molecular flexibility index (Phi) is 2.59. The minimum atomic E-state index is -0.937. The van der Waals surface area contributed by atoms with Gasteiger partial charge in [0.05, 0.1) is 5.52 Å². The van der Waals surface area contributed by atoms with Crippen LogP contribution < -0.4 is 0 Å². The van der Waals surface area contributed by atoms with Crippen LogP contribution in [0.4, 0.5) is 0 Å². The molecular weight excluding hydrogens is 252 g/mol. The molecule has 2 aromatic rings. The van der Waals surface area contributed by atoms with E-state index in [0.29, 0.717) is 5.92 Å². The highest BCUT2D eigenvalue weighted by Crippen LogP contribution is 2.48. The first-order valence-corrected chi connectivity index (χ1v) is 7.41. The number of carbonyl (C=O) groups is 1. The molecule has 4 heteroatoms. The van der Waals surface area contributed by atoms with E-state index in [9.17, 15) is 9.90 Å². The number of carboxylic acids is 1. The first-order valence-electron chi connectivity index (χ1n) is 7.41. The van der Waals surface area contributed by atoms with E-state index in [4.69, 9.17) is 0 Å². The minimum absolute atomic E-state index is 0.184. The van der Waals surface area contributed by atoms with E-state index in [1.165, 1.54) is 25.7 Å². The van der Waals surface area contributed by atoms with Crippen molar-refractivity contribution in [1.29, 1.82) is 0 Å². The zero-order chi connectivity index (χ0) is 13.7. The van der Waals surface area contributed by atoms with Crippen molar-refractivity contribution in [1.82, 2.24) is 9.78 Å². The molecule has 0 amide bonds. The largest absolute Gasteiger partial charge is 0.476 e. The molecule has 2 saturated carbocycles. The summed E-state index contributed by atoms with van der Waals surface area (Å²) in [6.07, 6.45) is 5.40. The molecule has 0 radical (unpaired) electrons. The molecule has 1 heterocycles. The second-order valence-electron chi connectivity index (χ2n) is 6.29. The van der Waals surface area contributed by atoms with E-state index in [2.05, 4.69) is 5.10 Å². The third-order valence-electron chi connectivity index (χ3n) is 5.15. The van der Waals surface area contributed by atoms with Crippen LogP contribution >= 0.6 is 0 Å². The minimum Gasteiger partial charge on any atom is -0.476 e. The van der Waals surface area contributed by atoms with Gasteiger partial charge in [-0.3, -0.25) is 4.68 Å². The zero-order valence-electron chi connectivity index (χ0n) is 11.3. The fraction of sp³-hybridized carbons (Fsp3) is 0.500. The van der Waals surface area contributed by atoms with Crippen LogP contribution in [0, 0.1) is 17.8 Å². The molecule has 4 rings (SSSR count). The first-order chi connectivity index (χ1) is 9.72. The summed E-state index contributed by atoms with van der Waals surface area (Å²) in [6.45, 7) is 0.870. The van der Waals surface area contributed by atoms with Crippen LogP contribution in [0.1, 0.15) is 36.2 Å². The Bertz CT molecular complexity index is 676. The van der Waals surface area contributed by atoms with Gasteiger partial charge in [0.15, 0.2) is 5.69 Å². The third-order valence-corrected chi connectivity index (χ3v) is 5.15. The number of benzene rings is 1. The van der Waals surface area contributed by atoms with Gasteiger partial charge < -0.3 is 5.11 Å². The first kappa shape index (κ1) is 11.9. The Labute approximate surface area is 117 Å². The molecule has 0 spiro atoms. The van der Waals surface area contributed by atoms with Crippen molar-refractivity contribution < 1.29 is 9.90 Å². The van der Waals surface area contributed by atoms with Gasteiger partial charge in [-0.15, -0.1) is 0 Å². The lowest BCUT2D eigenvalue weighted by atomic mass is 9.89. The molecule has 2 bridgehead atoms. The lowest BCUT2D eigenvalue weighted by molar-refractivity contribution is 0.0691. The molecule has 2 aliphatic rings. The molecule has 1 aromatic heterocycles. The Hall–Kier alpha value is -1.84. The van der Waals surface area contributed by atoms with Crippen molar-refractivity contribution in [3.8, 4) is 0 Å². The quantitative estimate of drug-likeness (QED) is 0.932. The van der Waals surface area contributed by atoms with E-state index in [1.807, 2.05) is 28.9 Å². The smallest absolute Gasteiger partial charge is 0.357 e. The summed E-state index contributed by atoms with van der Waals surface area (Å²) < 4.78 is 1.92. The molecule has 3 unspecified atom stereocenters. The number of carboxylic acid groups (broad SMARTS) is 1. The van der Waals surface area contributed by atoms with Gasteiger partial charge in [-0.1, -0.05) is 24.6 Å². The molecular formula is C16H18N2O2. The Balaban J connectivity index is 1.71. The molecule has 0 aliphatic heterocycles. The SMILES string of the molecule is O=C(O)c1nn(CC2CC3CCC2C3)c2ccccc12. The van der Waals surface area contributed by atoms with Crippen LogP contribution in [0.2, 0.25) is 0 Å². The average molecular weight is 270 g/mol. The fourth-order valence-corrected chi connectivity index (χ4v) is 4.25. The molecule has 2 aliphatic carbocycles. The van der Waals surface area contributed by atoms with Gasteiger partial charge in [0.2, 0.25) is 0 Å². The normalized spacial score (nSPS) is 28.3. The second-order valence-corrected chi connectivity index (χ2v) is 6.29. The fourth-order valence-electron chi connectivity index (χ4n) is 4.25. The summed E-state index contributed by atoms with van der Waals surface area (Å²) >= 11 is 0. The number of rotatable bonds is 3. The summed E-state index contributed by atoms with van der Waals surface area (Å²) in [7, 11) is 0. The van der Waals surface area contributed by atoms with Crippen molar-refractivity contribution in [2.45, 2.75) is 32.2 Å². The highest BCUT2D eigenvalue weighted by atomic mass is 16.4. The number of aromatic carboxylic acids is 1. The summed E-state index contributed by atoms with van der Waals surface area (Å²) in [6, 6.07) is 7.65. The van der Waals surface area contributed by atoms with Crippen LogP contribution in [-0.2, 0) is 6.54 Å². The standard InChI is InChI=1S/C16H18N2O2/c19-16(20)15-13-3-1-2-4-14(13)18(17-15)9-12-8-10-5-6-11(12)7-10/h1-4,10-12H,5-9H2,(H,19,20). The molecule has 3 atom stereocenters. The number of hydrogen-bond acceptors (Lipinski definition) is 2. The van der Waals surface area contributed by atoms with Crippen molar-refractivity contribution in [3.05, 3.63) is 30.0 Å². The maximum absolute atomic E-state index is 11.3. The average Bonchev–Trinajstić information content (AvgIpc) is 3.13. The van der Waals surface area contributed by atoms with Crippen LogP contribution in [0.3, 0.4) is 0 Å². The highest BCUT2D eigenvalue weighted by Gasteiger charge is 2.39. The van der Waals surface area contributed by atoms with Crippen molar-refractivity contribution in [2.75, 3.05) is 0 Å². The zero-order valence-corrected chi connectivity index (χ0v) is 11.3. The number of nitrogens with zero attached hydrogens (tertiary/aromatic N) is 2. The predicted molar refractivity (Wildman–Crippen MR) is 75.6 cm³/mol. The van der Waals surface area contributed by atoms with Gasteiger partial charge in [0.25, 0.3) is 0 Å². The summed E-state index contributed by atoms with van der Waals surface area (Å²) in [4.78, 5) is 11.3. The van der Waals surface area contributed by atoms with Gasteiger partial charge in [0.1, 0.15) is 0 Å². The molecule has 104 valence electrons. The highest BCUT2D eigenvalue weighted by molar-refractivity contribution is 6.01. The summed E-state index contributed by atoms with van der Waals surface area (Å²) in [5.74, 6) is 1.48. The molecule has 2 fully saturated rings. The molecule has 4 nitrogen and oxygen atoms in total. The summed E-state index contributed by atoms with van der Waals surface area (Å²) in [5.41, 5.74) is 1.14. The van der Waals surface area contributed by atoms with Crippen molar-refractivity contribution in [3.63, 3.8) is 0 Å². The molecule has 0 saturated heterocycles. The maximum atomic E-state index is 11.3. The molecule has 20 heavy (non-hydrogen) atoms. The number of fused-ring (bicyclic) bond motifs is 3. The summed E-state index contributed by atoms with van der Waals surface area (Å²) in [5, 5.41) is 14.4. The topological polar surface area (TPSA) is 55.1 Å². The molecule has 1 aromatic carbocycles. The van der Waals surface area contributed by atoms with Gasteiger partial charge in [-0.05, 0) is 43.1 Å². The van der Waals surface area contributed by atoms with Gasteiger partial charge in [-0.2, -0.15) is 5.10 Å². The maximum Gasteiger partial charge on any atom is 0.357 e. The Morgan fingerprint density at radius 3 is 2.85 bits per heavy atom. The lowest BCUT2D eigenvalue weighted by Crippen LogP contribution is -2.18. The van der Waals surface area contributed by atoms with E-state index in [1.54, 1.807) is 0 Å². The third kappa shape index (κ3) is 1.74. The van der Waals surface area contributed by atoms with E-state index < -0.39 is 5.97 Å². The van der Waals surface area contributed by atoms with Crippen LogP contribution in [0.5, 0.6) is 0 Å². The van der Waals surface area contributed by atoms with E-state index >= 15 is 0 Å². The number of para-hydroxylation sites is 1. The second kappa shape index (κ2) is 4.33.